The Morgan fingerprint density at radius 3 is 2.21 bits per heavy atom. The third kappa shape index (κ3) is 3.14. The van der Waals surface area contributed by atoms with E-state index in [2.05, 4.69) is 4.72 Å². The molecule has 0 radical (unpaired) electrons. The van der Waals surface area contributed by atoms with Crippen LogP contribution < -0.4 is 4.72 Å². The van der Waals surface area contributed by atoms with Crippen LogP contribution in [0.2, 0.25) is 0 Å². The fourth-order valence-electron chi connectivity index (χ4n) is 1.50. The van der Waals surface area contributed by atoms with Crippen LogP contribution in [0.1, 0.15) is 12.8 Å². The molecule has 6 nitrogen and oxygen atoms in total. The smallest absolute Gasteiger partial charge is 0.208 e. The molecule has 1 fully saturated rings. The Hall–Kier alpha value is -0.960. The molecule has 106 valence electrons. The maximum atomic E-state index is 12.0. The molecule has 19 heavy (non-hydrogen) atoms. The first kappa shape index (κ1) is 14.4. The second-order valence-corrected chi connectivity index (χ2v) is 8.52. The maximum Gasteiger partial charge on any atom is 0.242 e. The van der Waals surface area contributed by atoms with Crippen molar-refractivity contribution in [2.75, 3.05) is 14.1 Å². The van der Waals surface area contributed by atoms with Crippen molar-refractivity contribution in [3.63, 3.8) is 0 Å². The van der Waals surface area contributed by atoms with Crippen molar-refractivity contribution in [2.45, 2.75) is 28.7 Å². The van der Waals surface area contributed by atoms with Crippen LogP contribution in [0, 0.1) is 0 Å². The molecule has 0 amide bonds. The third-order valence-corrected chi connectivity index (χ3v) is 6.12. The standard InChI is InChI=1S/C11H16N2O4S2/c1-13(2)19(16,17)11-5-3-4-10(8-11)18(14,15)12-9-6-7-9/h3-5,8-9,12H,6-7H2,1-2H3. The maximum absolute atomic E-state index is 12.0. The Morgan fingerprint density at radius 2 is 1.68 bits per heavy atom. The van der Waals surface area contributed by atoms with Gasteiger partial charge in [0.2, 0.25) is 20.0 Å². The zero-order valence-corrected chi connectivity index (χ0v) is 12.3. The topological polar surface area (TPSA) is 83.6 Å². The van der Waals surface area contributed by atoms with E-state index in [9.17, 15) is 16.8 Å². The molecule has 1 aliphatic carbocycles. The zero-order chi connectivity index (χ0) is 14.3. The lowest BCUT2D eigenvalue weighted by Gasteiger charge is -2.12. The van der Waals surface area contributed by atoms with Gasteiger partial charge in [-0.2, -0.15) is 0 Å². The first-order valence-electron chi connectivity index (χ1n) is 5.78. The van der Waals surface area contributed by atoms with Crippen LogP contribution in [-0.2, 0) is 20.0 Å². The number of rotatable bonds is 5. The summed E-state index contributed by atoms with van der Waals surface area (Å²) in [6, 6.07) is 5.36. The van der Waals surface area contributed by atoms with Gasteiger partial charge in [-0.1, -0.05) is 6.07 Å². The Morgan fingerprint density at radius 1 is 1.11 bits per heavy atom. The normalized spacial score (nSPS) is 16.8. The first-order valence-corrected chi connectivity index (χ1v) is 8.71. The van der Waals surface area contributed by atoms with E-state index in [1.807, 2.05) is 0 Å². The van der Waals surface area contributed by atoms with Gasteiger partial charge in [0, 0.05) is 20.1 Å². The van der Waals surface area contributed by atoms with Gasteiger partial charge >= 0.3 is 0 Å². The van der Waals surface area contributed by atoms with Gasteiger partial charge in [-0.15, -0.1) is 0 Å². The molecule has 0 aliphatic heterocycles. The summed E-state index contributed by atoms with van der Waals surface area (Å²) in [5.41, 5.74) is 0. The van der Waals surface area contributed by atoms with E-state index in [-0.39, 0.29) is 15.8 Å². The monoisotopic (exact) mass is 304 g/mol. The van der Waals surface area contributed by atoms with E-state index < -0.39 is 20.0 Å². The predicted octanol–water partition coefficient (Wildman–Crippen LogP) is 0.378. The van der Waals surface area contributed by atoms with Crippen molar-refractivity contribution in [1.29, 1.82) is 0 Å². The summed E-state index contributed by atoms with van der Waals surface area (Å²) in [5.74, 6) is 0. The molecule has 0 spiro atoms. The molecule has 0 atom stereocenters. The molecule has 0 unspecified atom stereocenters. The molecular formula is C11H16N2O4S2. The minimum Gasteiger partial charge on any atom is -0.208 e. The number of hydrogen-bond donors (Lipinski definition) is 1. The van der Waals surface area contributed by atoms with Crippen LogP contribution in [0.5, 0.6) is 0 Å². The van der Waals surface area contributed by atoms with Crippen LogP contribution in [0.25, 0.3) is 0 Å². The molecule has 1 aromatic rings. The summed E-state index contributed by atoms with van der Waals surface area (Å²) in [6.07, 6.45) is 1.66. The molecule has 0 saturated heterocycles. The summed E-state index contributed by atoms with van der Waals surface area (Å²) in [7, 11) is -4.47. The molecule has 0 heterocycles. The van der Waals surface area contributed by atoms with Crippen LogP contribution >= 0.6 is 0 Å². The van der Waals surface area contributed by atoms with E-state index in [0.29, 0.717) is 0 Å². The van der Waals surface area contributed by atoms with Gasteiger partial charge in [-0.3, -0.25) is 0 Å². The van der Waals surface area contributed by atoms with Crippen molar-refractivity contribution >= 4 is 20.0 Å². The van der Waals surface area contributed by atoms with Gasteiger partial charge in [0.05, 0.1) is 9.79 Å². The average molecular weight is 304 g/mol. The fraction of sp³-hybridized carbons (Fsp3) is 0.455. The van der Waals surface area contributed by atoms with Gasteiger partial charge in [0.15, 0.2) is 0 Å². The minimum absolute atomic E-state index is 0.0147. The van der Waals surface area contributed by atoms with Gasteiger partial charge < -0.3 is 0 Å². The van der Waals surface area contributed by atoms with E-state index in [1.54, 1.807) is 0 Å². The molecule has 1 N–H and O–H groups in total. The van der Waals surface area contributed by atoms with E-state index in [1.165, 1.54) is 38.4 Å². The summed E-state index contributed by atoms with van der Waals surface area (Å²) in [5, 5.41) is 0. The molecule has 0 aromatic heterocycles. The highest BCUT2D eigenvalue weighted by atomic mass is 32.2. The fourth-order valence-corrected chi connectivity index (χ4v) is 3.87. The molecule has 1 saturated carbocycles. The van der Waals surface area contributed by atoms with Crippen molar-refractivity contribution in [2.24, 2.45) is 0 Å². The largest absolute Gasteiger partial charge is 0.242 e. The Labute approximate surface area is 113 Å². The summed E-state index contributed by atoms with van der Waals surface area (Å²) in [6.45, 7) is 0. The number of sulfonamides is 2. The second-order valence-electron chi connectivity index (χ2n) is 4.66. The van der Waals surface area contributed by atoms with Crippen LogP contribution in [0.3, 0.4) is 0 Å². The highest BCUT2D eigenvalue weighted by Gasteiger charge is 2.28. The number of nitrogens with one attached hydrogen (secondary N) is 1. The highest BCUT2D eigenvalue weighted by Crippen LogP contribution is 2.23. The minimum atomic E-state index is -3.64. The number of benzene rings is 1. The Balaban J connectivity index is 2.39. The lowest BCUT2D eigenvalue weighted by Crippen LogP contribution is -2.26. The average Bonchev–Trinajstić information content (AvgIpc) is 3.12. The van der Waals surface area contributed by atoms with Crippen molar-refractivity contribution in [3.05, 3.63) is 24.3 Å². The van der Waals surface area contributed by atoms with Gasteiger partial charge in [-0.05, 0) is 31.0 Å². The SMILES string of the molecule is CN(C)S(=O)(=O)c1cccc(S(=O)(=O)NC2CC2)c1. The summed E-state index contributed by atoms with van der Waals surface area (Å²) >= 11 is 0. The summed E-state index contributed by atoms with van der Waals surface area (Å²) in [4.78, 5) is -0.0569. The van der Waals surface area contributed by atoms with Crippen molar-refractivity contribution in [1.82, 2.24) is 9.03 Å². The Kier molecular flexibility index (Phi) is 3.69. The highest BCUT2D eigenvalue weighted by molar-refractivity contribution is 7.90. The third-order valence-electron chi connectivity index (χ3n) is 2.79. The van der Waals surface area contributed by atoms with Crippen LogP contribution in [0.15, 0.2) is 34.1 Å². The lowest BCUT2D eigenvalue weighted by molar-refractivity contribution is 0.520. The van der Waals surface area contributed by atoms with E-state index in [4.69, 9.17) is 0 Å². The molecule has 0 bridgehead atoms. The quantitative estimate of drug-likeness (QED) is 0.852. The van der Waals surface area contributed by atoms with Crippen LogP contribution in [0.4, 0.5) is 0 Å². The van der Waals surface area contributed by atoms with Gasteiger partial charge in [0.25, 0.3) is 0 Å². The summed E-state index contributed by atoms with van der Waals surface area (Å²) < 4.78 is 51.5. The molecule has 2 rings (SSSR count). The van der Waals surface area contributed by atoms with Crippen LogP contribution in [-0.4, -0.2) is 41.3 Å². The number of hydrogen-bond acceptors (Lipinski definition) is 4. The predicted molar refractivity (Wildman–Crippen MR) is 70.7 cm³/mol. The van der Waals surface area contributed by atoms with E-state index in [0.717, 1.165) is 17.1 Å². The molecule has 1 aromatic carbocycles. The van der Waals surface area contributed by atoms with Gasteiger partial charge in [-0.25, -0.2) is 25.9 Å². The zero-order valence-electron chi connectivity index (χ0n) is 10.7. The molecular weight excluding hydrogens is 288 g/mol. The van der Waals surface area contributed by atoms with Crippen molar-refractivity contribution in [3.8, 4) is 0 Å². The Bertz CT molecular complexity index is 676. The van der Waals surface area contributed by atoms with Crippen molar-refractivity contribution < 1.29 is 16.8 Å². The van der Waals surface area contributed by atoms with Gasteiger partial charge in [0.1, 0.15) is 0 Å². The second kappa shape index (κ2) is 4.86. The lowest BCUT2D eigenvalue weighted by atomic mass is 10.4. The number of nitrogens with zero attached hydrogens (tertiary/aromatic N) is 1. The molecule has 1 aliphatic rings. The first-order chi connectivity index (χ1) is 8.73. The molecule has 8 heteroatoms. The van der Waals surface area contributed by atoms with E-state index >= 15 is 0 Å².